The molecule has 0 radical (unpaired) electrons. The minimum absolute atomic E-state index is 0.156. The van der Waals surface area contributed by atoms with E-state index in [-0.39, 0.29) is 9.79 Å². The number of aryl methyl sites for hydroxylation is 1. The quantitative estimate of drug-likeness (QED) is 0.118. The van der Waals surface area contributed by atoms with E-state index in [0.717, 1.165) is 55.2 Å². The number of rotatable bonds is 10. The van der Waals surface area contributed by atoms with Gasteiger partial charge in [-0.1, -0.05) is 135 Å². The zero-order chi connectivity index (χ0) is 35.3. The normalized spacial score (nSPS) is 11.9. The molecule has 0 aliphatic carbocycles. The first-order chi connectivity index (χ1) is 23.0. The van der Waals surface area contributed by atoms with Gasteiger partial charge in [0.05, 0.1) is 9.79 Å². The number of benzene rings is 4. The van der Waals surface area contributed by atoms with E-state index >= 15 is 0 Å². The van der Waals surface area contributed by atoms with Crippen molar-refractivity contribution in [1.29, 1.82) is 0 Å². The lowest BCUT2D eigenvalue weighted by atomic mass is 10.1. The Morgan fingerprint density at radius 2 is 1.10 bits per heavy atom. The first-order valence-corrected chi connectivity index (χ1v) is 18.9. The first kappa shape index (κ1) is 40.0. The molecule has 0 bridgehead atoms. The fraction of sp³-hybridized carbons (Fsp3) is 0.282. The molecular weight excluding hydrogens is 641 g/mol. The van der Waals surface area contributed by atoms with Crippen LogP contribution in [0.1, 0.15) is 81.2 Å². The van der Waals surface area contributed by atoms with Crippen LogP contribution in [0, 0.1) is 30.6 Å². The lowest BCUT2D eigenvalue weighted by Gasteiger charge is -2.14. The number of unbranched alkanes of at least 4 members (excludes halogenated alkanes) is 4. The number of aliphatic hydroxyl groups is 1. The van der Waals surface area contributed by atoms with Crippen molar-refractivity contribution in [1.82, 2.24) is 4.72 Å². The Kier molecular flexibility index (Phi) is 18.0. The molecule has 0 saturated carbocycles. The zero-order valence-electron chi connectivity index (χ0n) is 27.8. The minimum atomic E-state index is -3.60. The smallest absolute Gasteiger partial charge is 0.241 e. The number of nitrogens with one attached hydrogen (secondary N) is 1. The highest BCUT2D eigenvalue weighted by Crippen LogP contribution is 2.17. The van der Waals surface area contributed by atoms with Crippen molar-refractivity contribution in [2.24, 2.45) is 5.14 Å². The predicted octanol–water partition coefficient (Wildman–Crippen LogP) is 7.46. The maximum Gasteiger partial charge on any atom is 0.241 e. The van der Waals surface area contributed by atoms with Crippen LogP contribution in [0.3, 0.4) is 0 Å². The van der Waals surface area contributed by atoms with Crippen molar-refractivity contribution in [2.45, 2.75) is 81.2 Å². The van der Waals surface area contributed by atoms with Crippen molar-refractivity contribution in [3.63, 3.8) is 0 Å². The molecule has 9 heteroatoms. The van der Waals surface area contributed by atoms with Crippen LogP contribution in [0.15, 0.2) is 125 Å². The minimum Gasteiger partial charge on any atom is -0.376 e. The first-order valence-electron chi connectivity index (χ1n) is 15.9. The van der Waals surface area contributed by atoms with Crippen LogP contribution in [-0.2, 0) is 20.0 Å². The van der Waals surface area contributed by atoms with Gasteiger partial charge in [-0.05, 0) is 55.2 Å². The number of sulfonamides is 2. The van der Waals surface area contributed by atoms with E-state index in [4.69, 9.17) is 5.14 Å². The maximum atomic E-state index is 12.5. The van der Waals surface area contributed by atoms with Gasteiger partial charge in [0.2, 0.25) is 20.0 Å². The molecule has 254 valence electrons. The van der Waals surface area contributed by atoms with E-state index in [1.165, 1.54) is 12.1 Å². The third-order valence-electron chi connectivity index (χ3n) is 6.72. The molecule has 4 N–H and O–H groups in total. The SMILES string of the molecule is CCCCC#CC(NS(=O)(=O)c1ccccc1)c1ccccc1.CCCCC#CC(O)c1ccccc1.Cc1ccc(S(N)(=O)=O)cc1. The topological polar surface area (TPSA) is 127 Å². The highest BCUT2D eigenvalue weighted by atomic mass is 32.2. The second-order valence-corrected chi connectivity index (χ2v) is 14.1. The highest BCUT2D eigenvalue weighted by Gasteiger charge is 2.19. The number of hydrogen-bond donors (Lipinski definition) is 3. The van der Waals surface area contributed by atoms with Gasteiger partial charge in [0.1, 0.15) is 12.1 Å². The summed E-state index contributed by atoms with van der Waals surface area (Å²) in [6.07, 6.45) is 5.35. The molecule has 2 atom stereocenters. The van der Waals surface area contributed by atoms with Crippen LogP contribution in [0.4, 0.5) is 0 Å². The second kappa shape index (κ2) is 21.6. The van der Waals surface area contributed by atoms with Crippen molar-refractivity contribution in [3.8, 4) is 23.7 Å². The van der Waals surface area contributed by atoms with Gasteiger partial charge in [-0.2, -0.15) is 4.72 Å². The molecule has 0 amide bonds. The van der Waals surface area contributed by atoms with Gasteiger partial charge in [0.25, 0.3) is 0 Å². The van der Waals surface area contributed by atoms with Gasteiger partial charge < -0.3 is 5.11 Å². The van der Waals surface area contributed by atoms with Gasteiger partial charge >= 0.3 is 0 Å². The summed E-state index contributed by atoms with van der Waals surface area (Å²) in [7, 11) is -7.12. The molecule has 0 aliphatic heterocycles. The monoisotopic (exact) mass is 686 g/mol. The van der Waals surface area contributed by atoms with Gasteiger partial charge in [-0.25, -0.2) is 22.0 Å². The molecule has 48 heavy (non-hydrogen) atoms. The van der Waals surface area contributed by atoms with Crippen LogP contribution < -0.4 is 9.86 Å². The Morgan fingerprint density at radius 3 is 1.58 bits per heavy atom. The third-order valence-corrected chi connectivity index (χ3v) is 9.09. The number of hydrogen-bond acceptors (Lipinski definition) is 5. The Morgan fingerprint density at radius 1 is 0.646 bits per heavy atom. The van der Waals surface area contributed by atoms with Gasteiger partial charge in [-0.15, -0.1) is 11.8 Å². The summed E-state index contributed by atoms with van der Waals surface area (Å²) in [5, 5.41) is 14.5. The molecule has 0 spiro atoms. The Bertz CT molecular complexity index is 1830. The fourth-order valence-corrected chi connectivity index (χ4v) is 5.64. The molecule has 0 fully saturated rings. The summed E-state index contributed by atoms with van der Waals surface area (Å²) in [5.41, 5.74) is 2.73. The van der Waals surface area contributed by atoms with Gasteiger partial charge in [-0.3, -0.25) is 0 Å². The average Bonchev–Trinajstić information content (AvgIpc) is 3.09. The summed E-state index contributed by atoms with van der Waals surface area (Å²) in [6.45, 7) is 6.12. The van der Waals surface area contributed by atoms with Crippen molar-refractivity contribution >= 4 is 20.0 Å². The summed E-state index contributed by atoms with van der Waals surface area (Å²) in [6, 6.07) is 33.2. The second-order valence-electron chi connectivity index (χ2n) is 10.8. The fourth-order valence-electron chi connectivity index (χ4n) is 3.97. The van der Waals surface area contributed by atoms with Crippen LogP contribution >= 0.6 is 0 Å². The lowest BCUT2D eigenvalue weighted by Crippen LogP contribution is -2.27. The zero-order valence-corrected chi connectivity index (χ0v) is 29.5. The van der Waals surface area contributed by atoms with E-state index in [1.807, 2.05) is 67.6 Å². The average molecular weight is 687 g/mol. The molecule has 7 nitrogen and oxygen atoms in total. The summed E-state index contributed by atoms with van der Waals surface area (Å²) in [4.78, 5) is 0.402. The number of primary sulfonamides is 1. The van der Waals surface area contributed by atoms with Crippen LogP contribution in [0.2, 0.25) is 0 Å². The van der Waals surface area contributed by atoms with Crippen LogP contribution in [0.25, 0.3) is 0 Å². The molecule has 0 saturated heterocycles. The van der Waals surface area contributed by atoms with E-state index in [2.05, 4.69) is 42.3 Å². The predicted molar refractivity (Wildman–Crippen MR) is 195 cm³/mol. The Balaban J connectivity index is 0.000000273. The maximum absolute atomic E-state index is 12.5. The molecule has 4 aromatic carbocycles. The third kappa shape index (κ3) is 15.6. The van der Waals surface area contributed by atoms with Gasteiger partial charge in [0.15, 0.2) is 0 Å². The molecule has 0 aliphatic rings. The summed E-state index contributed by atoms with van der Waals surface area (Å²) in [5.74, 6) is 12.0. The van der Waals surface area contributed by atoms with E-state index in [0.29, 0.717) is 0 Å². The van der Waals surface area contributed by atoms with Crippen molar-refractivity contribution in [2.75, 3.05) is 0 Å². The largest absolute Gasteiger partial charge is 0.376 e. The Hall–Kier alpha value is -4.22. The van der Waals surface area contributed by atoms with Crippen molar-refractivity contribution in [3.05, 3.63) is 132 Å². The number of aliphatic hydroxyl groups excluding tert-OH is 1. The molecular formula is C39H46N2O5S2. The molecule has 2 unspecified atom stereocenters. The van der Waals surface area contributed by atoms with Crippen LogP contribution in [0.5, 0.6) is 0 Å². The summed E-state index contributed by atoms with van der Waals surface area (Å²) < 4.78 is 49.2. The molecule has 0 aromatic heterocycles. The van der Waals surface area contributed by atoms with E-state index in [9.17, 15) is 21.9 Å². The van der Waals surface area contributed by atoms with E-state index in [1.54, 1.807) is 42.5 Å². The van der Waals surface area contributed by atoms with Crippen molar-refractivity contribution < 1.29 is 21.9 Å². The summed E-state index contributed by atoms with van der Waals surface area (Å²) >= 11 is 0. The highest BCUT2D eigenvalue weighted by molar-refractivity contribution is 7.89. The number of nitrogens with two attached hydrogens (primary N) is 1. The molecule has 0 heterocycles. The lowest BCUT2D eigenvalue weighted by molar-refractivity contribution is 0.238. The Labute approximate surface area is 287 Å². The molecule has 4 rings (SSSR count). The van der Waals surface area contributed by atoms with E-state index < -0.39 is 32.2 Å². The van der Waals surface area contributed by atoms with Crippen LogP contribution in [-0.4, -0.2) is 21.9 Å². The standard InChI is InChI=1S/C19H21NO2S.C13H16O.C7H9NO2S/c1-2-3-4-11-16-19(17-12-7-5-8-13-17)20-23(21,22)18-14-9-6-10-15-18;1-2-3-4-8-11-13(14)12-9-6-5-7-10-12;1-6-2-4-7(5-3-6)11(8,9)10/h5-10,12-15,19-20H,2-4H2,1H3;5-7,9-10,13-14H,2-4H2,1H3;2-5H,1H3,(H2,8,9,10). The molecule has 4 aromatic rings. The van der Waals surface area contributed by atoms with Gasteiger partial charge in [0, 0.05) is 12.8 Å².